The number of amides is 1. The average Bonchev–Trinajstić information content (AvgIpc) is 3.14. The number of anilines is 1. The molecule has 0 aliphatic carbocycles. The van der Waals surface area contributed by atoms with Gasteiger partial charge in [-0.2, -0.15) is 10.5 Å². The Hall–Kier alpha value is -1.06. The predicted octanol–water partition coefficient (Wildman–Crippen LogP) is 2.62. The zero-order chi connectivity index (χ0) is 21.3. The van der Waals surface area contributed by atoms with Gasteiger partial charge >= 0.3 is 5.91 Å². The topological polar surface area (TPSA) is 44.7 Å². The number of hydrogen-bond donors (Lipinski definition) is 1. The molecule has 1 saturated heterocycles. The molecule has 5 nitrogen and oxygen atoms in total. The van der Waals surface area contributed by atoms with E-state index >= 15 is 0 Å². The van der Waals surface area contributed by atoms with Gasteiger partial charge in [0.15, 0.2) is 0 Å². The lowest BCUT2D eigenvalue weighted by Gasteiger charge is -2.36. The number of halogens is 4. The zero-order valence-electron chi connectivity index (χ0n) is 17.1. The minimum atomic E-state index is -0.159. The number of likely N-dealkylation sites (tertiary alicyclic amines) is 1. The van der Waals surface area contributed by atoms with Gasteiger partial charge in [-0.1, -0.05) is 46.9 Å². The Kier molecular flexibility index (Phi) is 8.13. The van der Waals surface area contributed by atoms with E-state index in [9.17, 15) is 4.79 Å². The van der Waals surface area contributed by atoms with Crippen LogP contribution in [-0.4, -0.2) is 36.3 Å². The van der Waals surface area contributed by atoms with Crippen LogP contribution in [0.2, 0.25) is 15.1 Å². The summed E-state index contributed by atoms with van der Waals surface area (Å²) in [7, 11) is 2.07. The van der Waals surface area contributed by atoms with Crippen LogP contribution in [0.4, 0.5) is 5.69 Å². The molecule has 0 aromatic heterocycles. The van der Waals surface area contributed by atoms with Gasteiger partial charge in [0.2, 0.25) is 0 Å². The molecule has 2 heterocycles. The highest BCUT2D eigenvalue weighted by atomic mass is 127. The van der Waals surface area contributed by atoms with E-state index in [1.54, 1.807) is 12.1 Å². The third-order valence-electron chi connectivity index (χ3n) is 5.76. The van der Waals surface area contributed by atoms with Crippen LogP contribution >= 0.6 is 34.8 Å². The van der Waals surface area contributed by atoms with E-state index in [0.717, 1.165) is 31.5 Å². The zero-order valence-corrected chi connectivity index (χ0v) is 21.5. The van der Waals surface area contributed by atoms with Crippen LogP contribution in [0, 0.1) is 0 Å². The second-order valence-electron chi connectivity index (χ2n) is 8.10. The van der Waals surface area contributed by atoms with Gasteiger partial charge in [-0.3, -0.25) is 9.80 Å². The fraction of sp³-hybridized carbons (Fsp3) is 0.364. The highest BCUT2D eigenvalue weighted by molar-refractivity contribution is 6.40. The molecule has 2 aliphatic rings. The minimum Gasteiger partial charge on any atom is -1.00 e. The quantitative estimate of drug-likeness (QED) is 0.438. The number of hydrogen-bond acceptors (Lipinski definition) is 3. The first kappa shape index (κ1) is 24.6. The van der Waals surface area contributed by atoms with E-state index in [1.165, 1.54) is 6.42 Å². The van der Waals surface area contributed by atoms with Crippen LogP contribution in [-0.2, 0) is 4.79 Å². The number of rotatable bonds is 4. The van der Waals surface area contributed by atoms with Crippen LogP contribution < -0.4 is 34.4 Å². The minimum absolute atomic E-state index is 0. The number of nitrogens with one attached hydrogen (secondary N) is 1. The Bertz CT molecular complexity index is 977. The average molecular weight is 594 g/mol. The summed E-state index contributed by atoms with van der Waals surface area (Å²) in [5.41, 5.74) is 5.39. The van der Waals surface area contributed by atoms with E-state index in [0.29, 0.717) is 37.5 Å². The van der Waals surface area contributed by atoms with Crippen LogP contribution in [0.25, 0.3) is 0 Å². The summed E-state index contributed by atoms with van der Waals surface area (Å²) in [6.07, 6.45) is 3.92. The van der Waals surface area contributed by atoms with Crippen LogP contribution in [0.1, 0.15) is 37.3 Å². The number of nitrogens with zero attached hydrogens (tertiary/aromatic N) is 3. The Morgan fingerprint density at radius 2 is 1.68 bits per heavy atom. The first-order chi connectivity index (χ1) is 14.3. The van der Waals surface area contributed by atoms with Crippen molar-refractivity contribution in [3.63, 3.8) is 0 Å². The van der Waals surface area contributed by atoms with Gasteiger partial charge in [0.05, 0.1) is 23.8 Å². The summed E-state index contributed by atoms with van der Waals surface area (Å²) in [6, 6.07) is 12.7. The second-order valence-corrected chi connectivity index (χ2v) is 9.38. The SMILES string of the molecule is C[N+]1(NC(=O)C2=NN(c3ccc(Cl)cc3Cl)[C@H](c3ccc(Cl)cc3)C2)CCCCC1.[I-]. The monoisotopic (exact) mass is 592 g/mol. The Morgan fingerprint density at radius 3 is 2.32 bits per heavy atom. The van der Waals surface area contributed by atoms with Gasteiger partial charge in [0.25, 0.3) is 0 Å². The van der Waals surface area contributed by atoms with E-state index in [1.807, 2.05) is 35.3 Å². The Labute approximate surface area is 214 Å². The van der Waals surface area contributed by atoms with Gasteiger partial charge in [-0.25, -0.2) is 4.59 Å². The molecule has 1 amide bonds. The van der Waals surface area contributed by atoms with Crippen molar-refractivity contribution in [1.29, 1.82) is 0 Å². The molecule has 0 spiro atoms. The van der Waals surface area contributed by atoms with E-state index < -0.39 is 0 Å². The van der Waals surface area contributed by atoms with Gasteiger partial charge in [-0.15, -0.1) is 0 Å². The fourth-order valence-corrected chi connectivity index (χ4v) is 4.73. The van der Waals surface area contributed by atoms with Crippen LogP contribution in [0.15, 0.2) is 47.6 Å². The van der Waals surface area contributed by atoms with E-state index in [4.69, 9.17) is 39.9 Å². The largest absolute Gasteiger partial charge is 1.00 e. The van der Waals surface area contributed by atoms with Gasteiger partial charge < -0.3 is 24.0 Å². The van der Waals surface area contributed by atoms with Crippen molar-refractivity contribution in [2.24, 2.45) is 5.10 Å². The Morgan fingerprint density at radius 1 is 1.03 bits per heavy atom. The fourth-order valence-electron chi connectivity index (χ4n) is 4.11. The molecule has 4 rings (SSSR count). The predicted molar refractivity (Wildman–Crippen MR) is 123 cm³/mol. The molecule has 1 N–H and O–H groups in total. The van der Waals surface area contributed by atoms with E-state index in [-0.39, 0.29) is 35.9 Å². The molecule has 0 saturated carbocycles. The third kappa shape index (κ3) is 5.66. The molecular weight excluding hydrogens is 570 g/mol. The highest BCUT2D eigenvalue weighted by Crippen LogP contribution is 2.40. The molecule has 9 heteroatoms. The van der Waals surface area contributed by atoms with Crippen molar-refractivity contribution >= 4 is 52.1 Å². The molecule has 31 heavy (non-hydrogen) atoms. The van der Waals surface area contributed by atoms with E-state index in [2.05, 4.69) is 12.5 Å². The lowest BCUT2D eigenvalue weighted by molar-refractivity contribution is -0.947. The molecule has 0 unspecified atom stereocenters. The molecule has 0 radical (unpaired) electrons. The molecular formula is C22H24Cl3IN4O. The van der Waals surface area contributed by atoms with Crippen molar-refractivity contribution in [2.45, 2.75) is 31.7 Å². The number of benzene rings is 2. The van der Waals surface area contributed by atoms with Gasteiger partial charge in [-0.05, 0) is 55.2 Å². The summed E-state index contributed by atoms with van der Waals surface area (Å²) >= 11 is 18.6. The molecule has 2 aromatic rings. The lowest BCUT2D eigenvalue weighted by atomic mass is 10.0. The lowest BCUT2D eigenvalue weighted by Crippen LogP contribution is -3.00. The summed E-state index contributed by atoms with van der Waals surface area (Å²) in [5, 5.41) is 8.21. The summed E-state index contributed by atoms with van der Waals surface area (Å²) < 4.78 is 0.547. The number of hydrazone groups is 1. The van der Waals surface area contributed by atoms with Crippen molar-refractivity contribution in [2.75, 3.05) is 25.1 Å². The van der Waals surface area contributed by atoms with Gasteiger partial charge in [0.1, 0.15) is 18.8 Å². The standard InChI is InChI=1S/C22H23Cl3N4O.HI/c1-29(11-3-2-4-12-29)27-22(30)19-14-21(15-5-7-16(23)8-6-15)28(26-19)20-10-9-17(24)13-18(20)25;/h5-10,13,21H,2-4,11-12,14H2,1H3;1H/t21-;/m0./s1. The molecule has 2 aliphatic heterocycles. The molecule has 1 atom stereocenters. The molecule has 0 bridgehead atoms. The summed E-state index contributed by atoms with van der Waals surface area (Å²) in [4.78, 5) is 13.1. The summed E-state index contributed by atoms with van der Waals surface area (Å²) in [6.45, 7) is 1.87. The Balaban J connectivity index is 0.00000272. The normalized spacial score (nSPS) is 20.1. The molecule has 166 valence electrons. The van der Waals surface area contributed by atoms with Crippen molar-refractivity contribution in [1.82, 2.24) is 5.43 Å². The van der Waals surface area contributed by atoms with Crippen LogP contribution in [0.5, 0.6) is 0 Å². The van der Waals surface area contributed by atoms with Crippen molar-refractivity contribution < 1.29 is 33.4 Å². The summed E-state index contributed by atoms with van der Waals surface area (Å²) in [5.74, 6) is -0.133. The third-order valence-corrected chi connectivity index (χ3v) is 6.55. The molecule has 2 aromatic carbocycles. The number of carbonyl (C=O) groups is 1. The molecule has 1 fully saturated rings. The maximum absolute atomic E-state index is 13.1. The number of piperidine rings is 1. The highest BCUT2D eigenvalue weighted by Gasteiger charge is 2.36. The first-order valence-electron chi connectivity index (χ1n) is 10.1. The van der Waals surface area contributed by atoms with Crippen molar-refractivity contribution in [3.8, 4) is 0 Å². The van der Waals surface area contributed by atoms with Crippen molar-refractivity contribution in [3.05, 3.63) is 63.1 Å². The first-order valence-corrected chi connectivity index (χ1v) is 11.2. The maximum Gasteiger partial charge on any atom is 0.312 e. The number of carbonyl (C=O) groups excluding carboxylic acids is 1. The maximum atomic E-state index is 13.1. The second kappa shape index (κ2) is 10.3. The number of quaternary nitrogens is 1. The van der Waals surface area contributed by atoms with Gasteiger partial charge in [0, 0.05) is 16.5 Å². The van der Waals surface area contributed by atoms with Crippen LogP contribution in [0.3, 0.4) is 0 Å². The smallest absolute Gasteiger partial charge is 0.312 e.